The first-order valence-electron chi connectivity index (χ1n) is 8.37. The van der Waals surface area contributed by atoms with E-state index < -0.39 is 12.0 Å². The molecule has 0 saturated carbocycles. The number of amides is 1. The van der Waals surface area contributed by atoms with Gasteiger partial charge in [0, 0.05) is 18.8 Å². The minimum atomic E-state index is -0.957. The molecule has 0 radical (unpaired) electrons. The van der Waals surface area contributed by atoms with E-state index in [4.69, 9.17) is 14.6 Å². The van der Waals surface area contributed by atoms with Crippen LogP contribution >= 0.6 is 0 Å². The van der Waals surface area contributed by atoms with Crippen LogP contribution in [0.3, 0.4) is 0 Å². The quantitative estimate of drug-likeness (QED) is 0.851. The van der Waals surface area contributed by atoms with E-state index in [0.717, 1.165) is 5.56 Å². The molecule has 1 atom stereocenters. The zero-order valence-corrected chi connectivity index (χ0v) is 14.2. The fraction of sp³-hybridized carbons (Fsp3) is 0.316. The number of aliphatic carboxylic acids is 1. The fourth-order valence-corrected chi connectivity index (χ4v) is 2.78. The van der Waals surface area contributed by atoms with E-state index in [1.165, 1.54) is 6.20 Å². The van der Waals surface area contributed by atoms with E-state index in [0.29, 0.717) is 31.2 Å². The van der Waals surface area contributed by atoms with Gasteiger partial charge in [-0.3, -0.25) is 9.59 Å². The van der Waals surface area contributed by atoms with Crippen LogP contribution in [0.4, 0.5) is 0 Å². The van der Waals surface area contributed by atoms with Gasteiger partial charge in [-0.25, -0.2) is 4.98 Å². The second-order valence-electron chi connectivity index (χ2n) is 5.98. The number of hydrogen-bond acceptors (Lipinski definition) is 5. The summed E-state index contributed by atoms with van der Waals surface area (Å²) in [5.41, 5.74) is 1.42. The highest BCUT2D eigenvalue weighted by Crippen LogP contribution is 2.17. The maximum Gasteiger partial charge on any atom is 0.305 e. The summed E-state index contributed by atoms with van der Waals surface area (Å²) in [5, 5.41) is 9.00. The third-order valence-corrected chi connectivity index (χ3v) is 4.11. The Bertz CT molecular complexity index is 748. The number of ether oxygens (including phenoxy) is 2. The lowest BCUT2D eigenvalue weighted by molar-refractivity contribution is -0.139. The Morgan fingerprint density at radius 1 is 1.23 bits per heavy atom. The molecule has 1 fully saturated rings. The molecule has 1 aromatic carbocycles. The third kappa shape index (κ3) is 4.58. The van der Waals surface area contributed by atoms with E-state index in [9.17, 15) is 9.59 Å². The number of carbonyl (C=O) groups is 2. The van der Waals surface area contributed by atoms with Gasteiger partial charge in [0.05, 0.1) is 31.2 Å². The average Bonchev–Trinajstić information content (AvgIpc) is 2.67. The van der Waals surface area contributed by atoms with Crippen molar-refractivity contribution < 1.29 is 24.2 Å². The summed E-state index contributed by atoms with van der Waals surface area (Å²) in [6, 6.07) is 12.5. The largest absolute Gasteiger partial charge is 0.481 e. The minimum Gasteiger partial charge on any atom is -0.481 e. The molecule has 26 heavy (non-hydrogen) atoms. The molecule has 0 spiro atoms. The number of hydrogen-bond donors (Lipinski definition) is 1. The van der Waals surface area contributed by atoms with Crippen molar-refractivity contribution in [2.45, 2.75) is 19.1 Å². The molecule has 7 nitrogen and oxygen atoms in total. The molecule has 1 aromatic heterocycles. The summed E-state index contributed by atoms with van der Waals surface area (Å²) in [4.78, 5) is 29.4. The number of carboxylic acids is 1. The summed E-state index contributed by atoms with van der Waals surface area (Å²) in [6.45, 7) is 1.38. The van der Waals surface area contributed by atoms with Crippen LogP contribution in [0.1, 0.15) is 22.3 Å². The normalized spacial score (nSPS) is 16.9. The van der Waals surface area contributed by atoms with Gasteiger partial charge < -0.3 is 19.5 Å². The zero-order valence-electron chi connectivity index (χ0n) is 14.2. The highest BCUT2D eigenvalue weighted by atomic mass is 16.5. The number of morpholine rings is 1. The lowest BCUT2D eigenvalue weighted by atomic mass is 10.1. The van der Waals surface area contributed by atoms with Crippen LogP contribution in [-0.2, 0) is 16.1 Å². The molecule has 1 saturated heterocycles. The summed E-state index contributed by atoms with van der Waals surface area (Å²) >= 11 is 0. The molecule has 1 amide bonds. The molecule has 2 heterocycles. The van der Waals surface area contributed by atoms with Gasteiger partial charge >= 0.3 is 5.97 Å². The standard InChI is InChI=1S/C19H20N2O5/c22-18(23)10-16-13-25-9-8-21(16)19(24)15-6-7-17(20-11-15)26-12-14-4-2-1-3-5-14/h1-7,11,16H,8-10,12-13H2,(H,22,23)/t16-/m1/s1. The minimum absolute atomic E-state index is 0.141. The predicted molar refractivity (Wildman–Crippen MR) is 92.9 cm³/mol. The number of pyridine rings is 1. The second kappa shape index (κ2) is 8.44. The van der Waals surface area contributed by atoms with Gasteiger partial charge in [-0.1, -0.05) is 30.3 Å². The van der Waals surface area contributed by atoms with Gasteiger partial charge in [0.25, 0.3) is 5.91 Å². The lowest BCUT2D eigenvalue weighted by Gasteiger charge is -2.34. The molecular formula is C19H20N2O5. The highest BCUT2D eigenvalue weighted by Gasteiger charge is 2.29. The molecule has 7 heteroatoms. The molecule has 1 aliphatic heterocycles. The molecule has 3 rings (SSSR count). The average molecular weight is 356 g/mol. The summed E-state index contributed by atoms with van der Waals surface area (Å²) in [7, 11) is 0. The first kappa shape index (κ1) is 17.9. The number of aromatic nitrogens is 1. The Kier molecular flexibility index (Phi) is 5.80. The summed E-state index contributed by atoms with van der Waals surface area (Å²) < 4.78 is 10.9. The lowest BCUT2D eigenvalue weighted by Crippen LogP contribution is -2.49. The predicted octanol–water partition coefficient (Wildman–Crippen LogP) is 1.98. The van der Waals surface area contributed by atoms with E-state index in [-0.39, 0.29) is 18.9 Å². The molecule has 0 unspecified atom stereocenters. The molecule has 136 valence electrons. The van der Waals surface area contributed by atoms with Crippen molar-refractivity contribution in [3.05, 3.63) is 59.8 Å². The zero-order chi connectivity index (χ0) is 18.4. The number of benzene rings is 1. The van der Waals surface area contributed by atoms with Crippen molar-refractivity contribution in [1.82, 2.24) is 9.88 Å². The van der Waals surface area contributed by atoms with Gasteiger partial charge in [-0.2, -0.15) is 0 Å². The van der Waals surface area contributed by atoms with Crippen molar-refractivity contribution in [1.29, 1.82) is 0 Å². The van der Waals surface area contributed by atoms with E-state index in [1.54, 1.807) is 17.0 Å². The molecule has 1 N–H and O–H groups in total. The maximum atomic E-state index is 12.7. The van der Waals surface area contributed by atoms with Gasteiger partial charge in [0.2, 0.25) is 5.88 Å². The SMILES string of the molecule is O=C(O)C[C@@H]1COCCN1C(=O)c1ccc(OCc2ccccc2)nc1. The first-order chi connectivity index (χ1) is 12.6. The van der Waals surface area contributed by atoms with Crippen LogP contribution in [0.15, 0.2) is 48.7 Å². The van der Waals surface area contributed by atoms with Gasteiger partial charge in [-0.15, -0.1) is 0 Å². The van der Waals surface area contributed by atoms with E-state index in [2.05, 4.69) is 4.98 Å². The van der Waals surface area contributed by atoms with E-state index in [1.807, 2.05) is 30.3 Å². The van der Waals surface area contributed by atoms with Crippen molar-refractivity contribution >= 4 is 11.9 Å². The molecule has 2 aromatic rings. The van der Waals surface area contributed by atoms with Crippen LogP contribution in [-0.4, -0.2) is 52.7 Å². The van der Waals surface area contributed by atoms with Crippen LogP contribution < -0.4 is 4.74 Å². The van der Waals surface area contributed by atoms with Crippen LogP contribution in [0.25, 0.3) is 0 Å². The van der Waals surface area contributed by atoms with Gasteiger partial charge in [0.15, 0.2) is 0 Å². The Morgan fingerprint density at radius 2 is 2.04 bits per heavy atom. The fourth-order valence-electron chi connectivity index (χ4n) is 2.78. The Labute approximate surface area is 151 Å². The van der Waals surface area contributed by atoms with Gasteiger partial charge in [-0.05, 0) is 11.6 Å². The summed E-state index contributed by atoms with van der Waals surface area (Å²) in [5.74, 6) is -0.780. The number of rotatable bonds is 6. The topological polar surface area (TPSA) is 89.0 Å². The Morgan fingerprint density at radius 3 is 2.73 bits per heavy atom. The molecular weight excluding hydrogens is 336 g/mol. The van der Waals surface area contributed by atoms with Crippen molar-refractivity contribution in [2.24, 2.45) is 0 Å². The van der Waals surface area contributed by atoms with Crippen LogP contribution in [0.5, 0.6) is 5.88 Å². The smallest absolute Gasteiger partial charge is 0.305 e. The van der Waals surface area contributed by atoms with E-state index >= 15 is 0 Å². The molecule has 0 aliphatic carbocycles. The number of carboxylic acid groups (broad SMARTS) is 1. The molecule has 0 bridgehead atoms. The van der Waals surface area contributed by atoms with Crippen molar-refractivity contribution in [3.63, 3.8) is 0 Å². The maximum absolute atomic E-state index is 12.7. The number of carbonyl (C=O) groups excluding carboxylic acids is 1. The Hall–Kier alpha value is -2.93. The first-order valence-corrected chi connectivity index (χ1v) is 8.37. The monoisotopic (exact) mass is 356 g/mol. The van der Waals surface area contributed by atoms with Gasteiger partial charge in [0.1, 0.15) is 6.61 Å². The van der Waals surface area contributed by atoms with Crippen LogP contribution in [0, 0.1) is 0 Å². The third-order valence-electron chi connectivity index (χ3n) is 4.11. The highest BCUT2D eigenvalue weighted by molar-refractivity contribution is 5.94. The Balaban J connectivity index is 1.63. The van der Waals surface area contributed by atoms with Crippen molar-refractivity contribution in [2.75, 3.05) is 19.8 Å². The second-order valence-corrected chi connectivity index (χ2v) is 5.98. The van der Waals surface area contributed by atoms with Crippen molar-refractivity contribution in [3.8, 4) is 5.88 Å². The molecule has 1 aliphatic rings. The number of nitrogens with zero attached hydrogens (tertiary/aromatic N) is 2. The summed E-state index contributed by atoms with van der Waals surface area (Å²) in [6.07, 6.45) is 1.31. The van der Waals surface area contributed by atoms with Crippen LogP contribution in [0.2, 0.25) is 0 Å².